The van der Waals surface area contributed by atoms with Gasteiger partial charge in [0.2, 0.25) is 0 Å². The largest absolute Gasteiger partial charge is 0.462 e. The van der Waals surface area contributed by atoms with Crippen LogP contribution in [0.4, 0.5) is 10.1 Å². The number of ether oxygens (including phenoxy) is 1. The Balaban J connectivity index is 1.95. The fraction of sp³-hybridized carbons (Fsp3) is 0.174. The van der Waals surface area contributed by atoms with Crippen LogP contribution in [-0.2, 0) is 4.74 Å². The van der Waals surface area contributed by atoms with E-state index in [2.05, 4.69) is 10.3 Å². The maximum absolute atomic E-state index is 14.3. The van der Waals surface area contributed by atoms with Crippen LogP contribution < -0.4 is 5.32 Å². The third-order valence-electron chi connectivity index (χ3n) is 4.54. The smallest absolute Gasteiger partial charge is 0.341 e. The van der Waals surface area contributed by atoms with Crippen molar-refractivity contribution in [1.29, 1.82) is 0 Å². The molecule has 1 N–H and O–H groups in total. The molecule has 5 nitrogen and oxygen atoms in total. The van der Waals surface area contributed by atoms with E-state index in [0.29, 0.717) is 5.56 Å². The van der Waals surface area contributed by atoms with Crippen LogP contribution in [0.2, 0.25) is 0 Å². The molecule has 148 valence electrons. The van der Waals surface area contributed by atoms with Gasteiger partial charge in [-0.25, -0.2) is 9.18 Å². The molecule has 0 aliphatic rings. The summed E-state index contributed by atoms with van der Waals surface area (Å²) < 4.78 is 19.1. The summed E-state index contributed by atoms with van der Waals surface area (Å²) in [6.07, 6.45) is 3.34. The van der Waals surface area contributed by atoms with Crippen LogP contribution in [0, 0.1) is 19.7 Å². The number of esters is 1. The summed E-state index contributed by atoms with van der Waals surface area (Å²) in [5.41, 5.74) is 3.99. The Labute approximate surface area is 168 Å². The molecule has 3 aromatic rings. The van der Waals surface area contributed by atoms with Crippen LogP contribution in [0.5, 0.6) is 0 Å². The maximum Gasteiger partial charge on any atom is 0.341 e. The zero-order valence-corrected chi connectivity index (χ0v) is 16.5. The molecule has 0 radical (unpaired) electrons. The molecule has 29 heavy (non-hydrogen) atoms. The zero-order valence-electron chi connectivity index (χ0n) is 16.5. The summed E-state index contributed by atoms with van der Waals surface area (Å²) in [7, 11) is 0. The lowest BCUT2D eigenvalue weighted by atomic mass is 9.92. The second-order valence-electron chi connectivity index (χ2n) is 6.55. The van der Waals surface area contributed by atoms with Crippen molar-refractivity contribution in [2.24, 2.45) is 0 Å². The topological polar surface area (TPSA) is 68.3 Å². The average molecular weight is 392 g/mol. The first-order chi connectivity index (χ1) is 13.9. The van der Waals surface area contributed by atoms with Crippen molar-refractivity contribution in [2.75, 3.05) is 11.9 Å². The molecule has 0 aliphatic carbocycles. The molecule has 1 aromatic heterocycles. The monoisotopic (exact) mass is 392 g/mol. The van der Waals surface area contributed by atoms with E-state index in [1.807, 2.05) is 38.1 Å². The second kappa shape index (κ2) is 8.65. The van der Waals surface area contributed by atoms with Gasteiger partial charge in [-0.1, -0.05) is 12.1 Å². The number of nitrogens with zero attached hydrogens (tertiary/aromatic N) is 1. The molecule has 0 spiro atoms. The van der Waals surface area contributed by atoms with E-state index in [9.17, 15) is 14.0 Å². The number of nitrogens with one attached hydrogen (secondary N) is 1. The van der Waals surface area contributed by atoms with E-state index in [0.717, 1.165) is 28.3 Å². The molecule has 0 unspecified atom stereocenters. The summed E-state index contributed by atoms with van der Waals surface area (Å²) in [5, 5.41) is 2.73. The number of anilines is 1. The van der Waals surface area contributed by atoms with Crippen LogP contribution >= 0.6 is 0 Å². The number of halogens is 1. The van der Waals surface area contributed by atoms with Gasteiger partial charge >= 0.3 is 5.97 Å². The van der Waals surface area contributed by atoms with Crippen molar-refractivity contribution >= 4 is 17.6 Å². The van der Waals surface area contributed by atoms with Gasteiger partial charge in [0.05, 0.1) is 17.7 Å². The number of amides is 1. The second-order valence-corrected chi connectivity index (χ2v) is 6.55. The average Bonchev–Trinajstić information content (AvgIpc) is 2.70. The molecule has 6 heteroatoms. The minimum absolute atomic E-state index is 0.154. The highest BCUT2D eigenvalue weighted by Gasteiger charge is 2.19. The molecule has 3 rings (SSSR count). The number of carbonyl (C=O) groups is 2. The SMILES string of the molecule is CCOC(=O)c1ccc(NC(=O)c2c(C)ccc(C)c2-c2ccncc2)cc1F. The van der Waals surface area contributed by atoms with Crippen LogP contribution in [-0.4, -0.2) is 23.5 Å². The fourth-order valence-corrected chi connectivity index (χ4v) is 3.16. The Bertz CT molecular complexity index is 1070. The van der Waals surface area contributed by atoms with Crippen molar-refractivity contribution in [1.82, 2.24) is 4.98 Å². The van der Waals surface area contributed by atoms with Gasteiger partial charge in [-0.05, 0) is 73.4 Å². The Morgan fingerprint density at radius 1 is 1.03 bits per heavy atom. The van der Waals surface area contributed by atoms with Gasteiger partial charge in [0.1, 0.15) is 5.82 Å². The molecule has 0 saturated carbocycles. The Hall–Kier alpha value is -3.54. The molecule has 0 fully saturated rings. The van der Waals surface area contributed by atoms with Crippen LogP contribution in [0.3, 0.4) is 0 Å². The zero-order chi connectivity index (χ0) is 21.0. The number of carbonyl (C=O) groups excluding carboxylic acids is 2. The van der Waals surface area contributed by atoms with Crippen LogP contribution in [0.15, 0.2) is 54.9 Å². The van der Waals surface area contributed by atoms with Gasteiger partial charge in [-0.3, -0.25) is 9.78 Å². The lowest BCUT2D eigenvalue weighted by molar-refractivity contribution is 0.0521. The number of hydrogen-bond acceptors (Lipinski definition) is 4. The van der Waals surface area contributed by atoms with E-state index >= 15 is 0 Å². The lowest BCUT2D eigenvalue weighted by Gasteiger charge is -2.16. The van der Waals surface area contributed by atoms with E-state index in [-0.39, 0.29) is 23.8 Å². The van der Waals surface area contributed by atoms with E-state index in [1.54, 1.807) is 19.3 Å². The van der Waals surface area contributed by atoms with Crippen molar-refractivity contribution < 1.29 is 18.7 Å². The lowest BCUT2D eigenvalue weighted by Crippen LogP contribution is -2.16. The van der Waals surface area contributed by atoms with E-state index in [1.165, 1.54) is 12.1 Å². The highest BCUT2D eigenvalue weighted by molar-refractivity contribution is 6.10. The highest BCUT2D eigenvalue weighted by Crippen LogP contribution is 2.30. The van der Waals surface area contributed by atoms with Crippen molar-refractivity contribution in [2.45, 2.75) is 20.8 Å². The predicted octanol–water partition coefficient (Wildman–Crippen LogP) is 4.93. The van der Waals surface area contributed by atoms with Gasteiger partial charge < -0.3 is 10.1 Å². The first-order valence-corrected chi connectivity index (χ1v) is 9.21. The molecule has 2 aromatic carbocycles. The first kappa shape index (κ1) is 20.2. The summed E-state index contributed by atoms with van der Waals surface area (Å²) in [6, 6.07) is 11.4. The van der Waals surface area contributed by atoms with Gasteiger partial charge in [0.25, 0.3) is 5.91 Å². The van der Waals surface area contributed by atoms with Crippen molar-refractivity contribution in [3.63, 3.8) is 0 Å². The Morgan fingerprint density at radius 3 is 2.38 bits per heavy atom. The van der Waals surface area contributed by atoms with Gasteiger partial charge in [0, 0.05) is 18.1 Å². The predicted molar refractivity (Wildman–Crippen MR) is 109 cm³/mol. The number of aryl methyl sites for hydroxylation is 2. The number of benzene rings is 2. The molecule has 1 amide bonds. The van der Waals surface area contributed by atoms with Gasteiger partial charge in [0.15, 0.2) is 0 Å². The fourth-order valence-electron chi connectivity index (χ4n) is 3.16. The summed E-state index contributed by atoms with van der Waals surface area (Å²) in [6.45, 7) is 5.58. The van der Waals surface area contributed by atoms with Crippen molar-refractivity contribution in [3.8, 4) is 11.1 Å². The summed E-state index contributed by atoms with van der Waals surface area (Å²) in [5.74, 6) is -1.85. The number of hydrogen-bond donors (Lipinski definition) is 1. The number of pyridine rings is 1. The van der Waals surface area contributed by atoms with Gasteiger partial charge in [-0.15, -0.1) is 0 Å². The minimum atomic E-state index is -0.753. The van der Waals surface area contributed by atoms with Gasteiger partial charge in [-0.2, -0.15) is 0 Å². The molecule has 0 atom stereocenters. The summed E-state index contributed by atoms with van der Waals surface area (Å²) >= 11 is 0. The standard InChI is InChI=1S/C23H21FN2O3/c1-4-29-23(28)18-8-7-17(13-19(18)24)26-22(27)21-15(3)6-5-14(2)20(21)16-9-11-25-12-10-16/h5-13H,4H2,1-3H3,(H,26,27). The van der Waals surface area contributed by atoms with Crippen molar-refractivity contribution in [3.05, 3.63) is 82.9 Å². The summed E-state index contributed by atoms with van der Waals surface area (Å²) in [4.78, 5) is 28.9. The molecular weight excluding hydrogens is 371 g/mol. The first-order valence-electron chi connectivity index (χ1n) is 9.21. The Morgan fingerprint density at radius 2 is 1.72 bits per heavy atom. The van der Waals surface area contributed by atoms with E-state index in [4.69, 9.17) is 4.74 Å². The third kappa shape index (κ3) is 4.32. The minimum Gasteiger partial charge on any atom is -0.462 e. The quantitative estimate of drug-likeness (QED) is 0.625. The molecule has 0 bridgehead atoms. The number of aromatic nitrogens is 1. The molecule has 1 heterocycles. The van der Waals surface area contributed by atoms with Crippen LogP contribution in [0.25, 0.3) is 11.1 Å². The Kier molecular flexibility index (Phi) is 6.02. The van der Waals surface area contributed by atoms with Crippen LogP contribution in [0.1, 0.15) is 38.8 Å². The number of rotatable bonds is 5. The highest BCUT2D eigenvalue weighted by atomic mass is 19.1. The van der Waals surface area contributed by atoms with E-state index < -0.39 is 11.8 Å². The maximum atomic E-state index is 14.3. The molecular formula is C23H21FN2O3. The molecule has 0 aliphatic heterocycles. The normalized spacial score (nSPS) is 10.5. The third-order valence-corrected chi connectivity index (χ3v) is 4.54. The molecule has 0 saturated heterocycles.